The van der Waals surface area contributed by atoms with Crippen molar-refractivity contribution in [3.8, 4) is 5.69 Å². The van der Waals surface area contributed by atoms with E-state index < -0.39 is 28.8 Å². The molecule has 1 amide bonds. The van der Waals surface area contributed by atoms with Gasteiger partial charge < -0.3 is 20.9 Å². The van der Waals surface area contributed by atoms with Gasteiger partial charge in [-0.25, -0.2) is 8.78 Å². The molecular weight excluding hydrogens is 466 g/mol. The van der Waals surface area contributed by atoms with Crippen LogP contribution in [0.5, 0.6) is 0 Å². The molecule has 8 nitrogen and oxygen atoms in total. The second-order valence-electron chi connectivity index (χ2n) is 9.20. The third-order valence-corrected chi connectivity index (χ3v) is 5.98. The van der Waals surface area contributed by atoms with Gasteiger partial charge in [-0.2, -0.15) is 9.78 Å². The van der Waals surface area contributed by atoms with E-state index in [-0.39, 0.29) is 11.7 Å². The molecule has 1 atom stereocenters. The van der Waals surface area contributed by atoms with Gasteiger partial charge in [-0.05, 0) is 56.5 Å². The fraction of sp³-hybridized carbons (Fsp3) is 0.308. The van der Waals surface area contributed by atoms with Crippen molar-refractivity contribution < 1.29 is 13.6 Å². The Balaban J connectivity index is 1.74. The van der Waals surface area contributed by atoms with Crippen LogP contribution in [0.3, 0.4) is 0 Å². The van der Waals surface area contributed by atoms with Gasteiger partial charge in [0.2, 0.25) is 0 Å². The number of halogens is 2. The lowest BCUT2D eigenvalue weighted by Crippen LogP contribution is -2.27. The Morgan fingerprint density at radius 1 is 1.11 bits per heavy atom. The van der Waals surface area contributed by atoms with Crippen molar-refractivity contribution in [2.24, 2.45) is 5.92 Å². The standard InChI is InChI=1S/C26H28F2N6O2/c1-15(2)30-20-7-8-21(24(17(20)13-29)33-12-11-16(3)14-33)31-26(36)22-9-10-23(35)34(32-22)25-18(27)5-4-6-19(25)28/h4-10,13,15-16,29-30H,11-12,14H2,1-3H3,(H,31,36). The quantitative estimate of drug-likeness (QED) is 0.422. The number of carbonyl (C=O) groups is 1. The number of amides is 1. The highest BCUT2D eigenvalue weighted by Gasteiger charge is 2.26. The molecular formula is C26H28F2N6O2. The molecule has 1 aliphatic rings. The molecule has 2 heterocycles. The zero-order chi connectivity index (χ0) is 26.0. The smallest absolute Gasteiger partial charge is 0.276 e. The molecule has 1 saturated heterocycles. The largest absolute Gasteiger partial charge is 0.382 e. The van der Waals surface area contributed by atoms with Crippen molar-refractivity contribution in [2.45, 2.75) is 33.2 Å². The lowest BCUT2D eigenvalue weighted by Gasteiger charge is -2.26. The van der Waals surface area contributed by atoms with E-state index in [1.165, 1.54) is 18.3 Å². The Bertz CT molecular complexity index is 1350. The van der Waals surface area contributed by atoms with Crippen molar-refractivity contribution in [3.05, 3.63) is 75.7 Å². The summed E-state index contributed by atoms with van der Waals surface area (Å²) in [6, 6.07) is 9.12. The van der Waals surface area contributed by atoms with Crippen molar-refractivity contribution in [1.82, 2.24) is 9.78 Å². The Morgan fingerprint density at radius 2 is 1.81 bits per heavy atom. The van der Waals surface area contributed by atoms with Crippen LogP contribution in [0.25, 0.3) is 5.69 Å². The molecule has 0 aliphatic carbocycles. The van der Waals surface area contributed by atoms with Gasteiger partial charge >= 0.3 is 0 Å². The zero-order valence-corrected chi connectivity index (χ0v) is 20.3. The maximum absolute atomic E-state index is 14.3. The minimum absolute atomic E-state index is 0.138. The maximum atomic E-state index is 14.3. The molecule has 3 N–H and O–H groups in total. The first-order valence-corrected chi connectivity index (χ1v) is 11.7. The maximum Gasteiger partial charge on any atom is 0.276 e. The summed E-state index contributed by atoms with van der Waals surface area (Å²) in [6.07, 6.45) is 2.24. The number of nitrogens with one attached hydrogen (secondary N) is 3. The first-order chi connectivity index (χ1) is 17.2. The number of carbonyl (C=O) groups excluding carboxylic acids is 1. The Hall–Kier alpha value is -4.08. The SMILES string of the molecule is CC1CCN(c2c(NC(=O)c3ccc(=O)n(-c4c(F)cccc4F)n3)ccc(NC(C)C)c2C=N)C1. The van der Waals surface area contributed by atoms with Gasteiger partial charge in [-0.3, -0.25) is 9.59 Å². The number of benzene rings is 2. The van der Waals surface area contributed by atoms with Crippen LogP contribution in [0.4, 0.5) is 25.8 Å². The summed E-state index contributed by atoms with van der Waals surface area (Å²) in [7, 11) is 0. The van der Waals surface area contributed by atoms with Gasteiger partial charge in [-0.1, -0.05) is 13.0 Å². The predicted octanol–water partition coefficient (Wildman–Crippen LogP) is 4.43. The van der Waals surface area contributed by atoms with Gasteiger partial charge in [-0.15, -0.1) is 0 Å². The van der Waals surface area contributed by atoms with Crippen LogP contribution >= 0.6 is 0 Å². The highest BCUT2D eigenvalue weighted by molar-refractivity contribution is 6.08. The Kier molecular flexibility index (Phi) is 7.14. The number of para-hydroxylation sites is 1. The van der Waals surface area contributed by atoms with Gasteiger partial charge in [0.25, 0.3) is 11.5 Å². The lowest BCUT2D eigenvalue weighted by atomic mass is 10.1. The highest BCUT2D eigenvalue weighted by atomic mass is 19.1. The molecule has 0 saturated carbocycles. The first-order valence-electron chi connectivity index (χ1n) is 11.7. The van der Waals surface area contributed by atoms with E-state index in [2.05, 4.69) is 27.6 Å². The van der Waals surface area contributed by atoms with E-state index in [9.17, 15) is 18.4 Å². The third-order valence-electron chi connectivity index (χ3n) is 5.98. The van der Waals surface area contributed by atoms with E-state index in [1.54, 1.807) is 12.1 Å². The molecule has 0 radical (unpaired) electrons. The fourth-order valence-corrected chi connectivity index (χ4v) is 4.34. The molecule has 1 unspecified atom stereocenters. The second kappa shape index (κ2) is 10.3. The number of hydrogen-bond acceptors (Lipinski definition) is 6. The molecule has 36 heavy (non-hydrogen) atoms. The number of aromatic nitrogens is 2. The van der Waals surface area contributed by atoms with Crippen molar-refractivity contribution in [2.75, 3.05) is 28.6 Å². The van der Waals surface area contributed by atoms with Crippen LogP contribution in [0.1, 0.15) is 43.2 Å². The van der Waals surface area contributed by atoms with Crippen molar-refractivity contribution in [1.29, 1.82) is 5.41 Å². The van der Waals surface area contributed by atoms with Crippen molar-refractivity contribution in [3.63, 3.8) is 0 Å². The minimum Gasteiger partial charge on any atom is -0.382 e. The summed E-state index contributed by atoms with van der Waals surface area (Å²) in [5.74, 6) is -2.16. The second-order valence-corrected chi connectivity index (χ2v) is 9.20. The molecule has 0 bridgehead atoms. The monoisotopic (exact) mass is 494 g/mol. The van der Waals surface area contributed by atoms with Gasteiger partial charge in [0.1, 0.15) is 11.4 Å². The van der Waals surface area contributed by atoms with Crippen molar-refractivity contribution >= 4 is 29.2 Å². The van der Waals surface area contributed by atoms with Crippen LogP contribution in [-0.2, 0) is 0 Å². The molecule has 188 valence electrons. The van der Waals surface area contributed by atoms with Gasteiger partial charge in [0, 0.05) is 42.7 Å². The fourth-order valence-electron chi connectivity index (χ4n) is 4.34. The first kappa shape index (κ1) is 25.0. The van der Waals surface area contributed by atoms with Gasteiger partial charge in [0.15, 0.2) is 11.6 Å². The normalized spacial score (nSPS) is 15.3. The van der Waals surface area contributed by atoms with E-state index >= 15 is 0 Å². The van der Waals surface area contributed by atoms with E-state index in [0.29, 0.717) is 27.5 Å². The molecule has 1 aliphatic heterocycles. The summed E-state index contributed by atoms with van der Waals surface area (Å²) in [6.45, 7) is 7.68. The van der Waals surface area contributed by atoms with Crippen LogP contribution in [-0.4, -0.2) is 41.0 Å². The minimum atomic E-state index is -0.975. The summed E-state index contributed by atoms with van der Waals surface area (Å²) in [5.41, 5.74) is 0.965. The summed E-state index contributed by atoms with van der Waals surface area (Å²) in [5, 5.41) is 18.2. The summed E-state index contributed by atoms with van der Waals surface area (Å²) in [4.78, 5) is 27.7. The van der Waals surface area contributed by atoms with Crippen LogP contribution in [0.2, 0.25) is 0 Å². The summed E-state index contributed by atoms with van der Waals surface area (Å²) >= 11 is 0. The molecule has 10 heteroatoms. The number of anilines is 3. The zero-order valence-electron chi connectivity index (χ0n) is 20.3. The number of nitrogens with zero attached hydrogens (tertiary/aromatic N) is 3. The molecule has 2 aromatic carbocycles. The van der Waals surface area contributed by atoms with Crippen LogP contribution in [0.15, 0.2) is 47.3 Å². The number of rotatable bonds is 7. The highest BCUT2D eigenvalue weighted by Crippen LogP contribution is 2.37. The molecule has 1 aromatic heterocycles. The third kappa shape index (κ3) is 4.98. The summed E-state index contributed by atoms with van der Waals surface area (Å²) < 4.78 is 29.1. The lowest BCUT2D eigenvalue weighted by molar-refractivity contribution is 0.102. The Morgan fingerprint density at radius 3 is 2.42 bits per heavy atom. The predicted molar refractivity (Wildman–Crippen MR) is 137 cm³/mol. The van der Waals surface area contributed by atoms with Gasteiger partial charge in [0.05, 0.1) is 11.4 Å². The molecule has 0 spiro atoms. The van der Waals surface area contributed by atoms with E-state index in [4.69, 9.17) is 5.41 Å². The van der Waals surface area contributed by atoms with Crippen LogP contribution < -0.4 is 21.1 Å². The molecule has 4 rings (SSSR count). The molecule has 3 aromatic rings. The molecule has 1 fully saturated rings. The Labute approximate surface area is 207 Å². The van der Waals surface area contributed by atoms with E-state index in [1.807, 2.05) is 13.8 Å². The topological polar surface area (TPSA) is 103 Å². The van der Waals surface area contributed by atoms with Crippen LogP contribution in [0, 0.1) is 23.0 Å². The average Bonchev–Trinajstić information content (AvgIpc) is 3.26. The average molecular weight is 495 g/mol. The van der Waals surface area contributed by atoms with E-state index in [0.717, 1.165) is 43.4 Å². The number of hydrogen-bond donors (Lipinski definition) is 3.